The summed E-state index contributed by atoms with van der Waals surface area (Å²) in [5, 5.41) is 3.06. The topological polar surface area (TPSA) is 58.2 Å². The molecule has 4 nitrogen and oxygen atoms in total. The highest BCUT2D eigenvalue weighted by Crippen LogP contribution is 2.16. The van der Waals surface area contributed by atoms with Gasteiger partial charge in [0, 0.05) is 13.1 Å². The molecule has 0 atom stereocenters. The summed E-state index contributed by atoms with van der Waals surface area (Å²) in [4.78, 5) is -0.294. The summed E-state index contributed by atoms with van der Waals surface area (Å²) in [6.07, 6.45) is 0.985. The Morgan fingerprint density at radius 3 is 2.61 bits per heavy atom. The lowest BCUT2D eigenvalue weighted by atomic mass is 10.2. The average molecular weight is 274 g/mol. The minimum absolute atomic E-state index is 0.246. The van der Waals surface area contributed by atoms with Crippen molar-refractivity contribution < 1.29 is 12.8 Å². The van der Waals surface area contributed by atoms with Crippen LogP contribution >= 0.6 is 0 Å². The van der Waals surface area contributed by atoms with E-state index in [2.05, 4.69) is 10.0 Å². The second-order valence-electron chi connectivity index (χ2n) is 4.03. The fourth-order valence-electron chi connectivity index (χ4n) is 1.48. The van der Waals surface area contributed by atoms with Crippen LogP contribution in [0, 0.1) is 12.7 Å². The van der Waals surface area contributed by atoms with E-state index < -0.39 is 15.8 Å². The highest BCUT2D eigenvalue weighted by atomic mass is 32.2. The molecule has 0 spiro atoms. The van der Waals surface area contributed by atoms with E-state index in [0.29, 0.717) is 12.1 Å². The van der Waals surface area contributed by atoms with Crippen LogP contribution in [0.4, 0.5) is 4.39 Å². The van der Waals surface area contributed by atoms with Gasteiger partial charge in [0.1, 0.15) is 10.7 Å². The van der Waals surface area contributed by atoms with Crippen molar-refractivity contribution in [1.29, 1.82) is 0 Å². The van der Waals surface area contributed by atoms with Crippen LogP contribution < -0.4 is 10.0 Å². The molecule has 0 aliphatic heterocycles. The van der Waals surface area contributed by atoms with Gasteiger partial charge >= 0.3 is 0 Å². The first-order chi connectivity index (χ1) is 8.49. The molecule has 0 amide bonds. The van der Waals surface area contributed by atoms with Crippen molar-refractivity contribution >= 4 is 10.0 Å². The number of hydrogen-bond acceptors (Lipinski definition) is 3. The van der Waals surface area contributed by atoms with Crippen LogP contribution in [0.25, 0.3) is 0 Å². The van der Waals surface area contributed by atoms with E-state index in [1.54, 1.807) is 0 Å². The number of hydrogen-bond donors (Lipinski definition) is 2. The second kappa shape index (κ2) is 6.82. The first-order valence-corrected chi connectivity index (χ1v) is 7.43. The normalized spacial score (nSPS) is 11.7. The van der Waals surface area contributed by atoms with Crippen molar-refractivity contribution in [3.05, 3.63) is 29.6 Å². The van der Waals surface area contributed by atoms with Gasteiger partial charge in [0.15, 0.2) is 0 Å². The molecule has 0 heterocycles. The SMILES string of the molecule is CCCNCCNS(=O)(=O)c1cccc(C)c1F. The molecule has 18 heavy (non-hydrogen) atoms. The minimum Gasteiger partial charge on any atom is -0.315 e. The van der Waals surface area contributed by atoms with E-state index in [-0.39, 0.29) is 11.4 Å². The quantitative estimate of drug-likeness (QED) is 0.739. The molecule has 0 aliphatic carbocycles. The lowest BCUT2D eigenvalue weighted by Gasteiger charge is -2.09. The number of halogens is 1. The summed E-state index contributed by atoms with van der Waals surface area (Å²) in [5.41, 5.74) is 0.321. The van der Waals surface area contributed by atoms with Crippen LogP contribution in [0.1, 0.15) is 18.9 Å². The van der Waals surface area contributed by atoms with E-state index >= 15 is 0 Å². The zero-order valence-electron chi connectivity index (χ0n) is 10.7. The summed E-state index contributed by atoms with van der Waals surface area (Å²) in [5.74, 6) is -0.688. The molecule has 1 aromatic carbocycles. The summed E-state index contributed by atoms with van der Waals surface area (Å²) in [6, 6.07) is 4.34. The predicted octanol–water partition coefficient (Wildman–Crippen LogP) is 1.41. The molecule has 0 unspecified atom stereocenters. The van der Waals surface area contributed by atoms with Gasteiger partial charge in [0.05, 0.1) is 0 Å². The largest absolute Gasteiger partial charge is 0.315 e. The Morgan fingerprint density at radius 1 is 1.22 bits per heavy atom. The Bertz CT molecular complexity index is 489. The van der Waals surface area contributed by atoms with Crippen LogP contribution in [-0.2, 0) is 10.0 Å². The van der Waals surface area contributed by atoms with Crippen LogP contribution in [0.5, 0.6) is 0 Å². The molecule has 1 aromatic rings. The van der Waals surface area contributed by atoms with Crippen LogP contribution in [0.3, 0.4) is 0 Å². The Hall–Kier alpha value is -0.980. The van der Waals surface area contributed by atoms with Gasteiger partial charge in [-0.15, -0.1) is 0 Å². The van der Waals surface area contributed by atoms with Crippen molar-refractivity contribution in [3.63, 3.8) is 0 Å². The Morgan fingerprint density at radius 2 is 1.94 bits per heavy atom. The first kappa shape index (κ1) is 15.1. The highest BCUT2D eigenvalue weighted by Gasteiger charge is 2.19. The van der Waals surface area contributed by atoms with E-state index in [0.717, 1.165) is 13.0 Å². The predicted molar refractivity (Wildman–Crippen MR) is 69.5 cm³/mol. The number of aryl methyl sites for hydroxylation is 1. The lowest BCUT2D eigenvalue weighted by molar-refractivity contribution is 0.550. The summed E-state index contributed by atoms with van der Waals surface area (Å²) >= 11 is 0. The molecule has 2 N–H and O–H groups in total. The Balaban J connectivity index is 2.66. The van der Waals surface area contributed by atoms with Gasteiger partial charge in [-0.25, -0.2) is 17.5 Å². The summed E-state index contributed by atoms with van der Waals surface area (Å²) < 4.78 is 39.8. The number of rotatable bonds is 7. The Kier molecular flexibility index (Phi) is 5.71. The molecule has 1 rings (SSSR count). The van der Waals surface area contributed by atoms with E-state index in [4.69, 9.17) is 0 Å². The number of benzene rings is 1. The van der Waals surface area contributed by atoms with Gasteiger partial charge < -0.3 is 5.32 Å². The van der Waals surface area contributed by atoms with Gasteiger partial charge in [0.2, 0.25) is 10.0 Å². The van der Waals surface area contributed by atoms with Gasteiger partial charge in [-0.1, -0.05) is 19.1 Å². The van der Waals surface area contributed by atoms with Gasteiger partial charge in [-0.3, -0.25) is 0 Å². The molecule has 0 aromatic heterocycles. The monoisotopic (exact) mass is 274 g/mol. The van der Waals surface area contributed by atoms with Gasteiger partial charge in [-0.05, 0) is 31.5 Å². The molecule has 6 heteroatoms. The molecular weight excluding hydrogens is 255 g/mol. The van der Waals surface area contributed by atoms with Crippen LogP contribution in [0.2, 0.25) is 0 Å². The fourth-order valence-corrected chi connectivity index (χ4v) is 2.66. The average Bonchev–Trinajstić information content (AvgIpc) is 2.32. The van der Waals surface area contributed by atoms with E-state index in [1.807, 2.05) is 6.92 Å². The second-order valence-corrected chi connectivity index (χ2v) is 5.77. The zero-order chi connectivity index (χ0) is 13.6. The highest BCUT2D eigenvalue weighted by molar-refractivity contribution is 7.89. The van der Waals surface area contributed by atoms with Crippen molar-refractivity contribution in [2.45, 2.75) is 25.2 Å². The summed E-state index contributed by atoms with van der Waals surface area (Å²) in [7, 11) is -3.77. The third-order valence-electron chi connectivity index (χ3n) is 2.47. The molecular formula is C12H19FN2O2S. The number of sulfonamides is 1. The maximum absolute atomic E-state index is 13.7. The van der Waals surface area contributed by atoms with Crippen LogP contribution in [-0.4, -0.2) is 28.1 Å². The van der Waals surface area contributed by atoms with Gasteiger partial charge in [-0.2, -0.15) is 0 Å². The first-order valence-electron chi connectivity index (χ1n) is 5.94. The van der Waals surface area contributed by atoms with Crippen molar-refractivity contribution in [2.24, 2.45) is 0 Å². The van der Waals surface area contributed by atoms with Crippen molar-refractivity contribution in [2.75, 3.05) is 19.6 Å². The molecule has 0 saturated heterocycles. The molecule has 0 bridgehead atoms. The van der Waals surface area contributed by atoms with E-state index in [9.17, 15) is 12.8 Å². The zero-order valence-corrected chi connectivity index (χ0v) is 11.5. The van der Waals surface area contributed by atoms with Crippen molar-refractivity contribution in [3.8, 4) is 0 Å². The third kappa shape index (κ3) is 4.04. The van der Waals surface area contributed by atoms with Crippen LogP contribution in [0.15, 0.2) is 23.1 Å². The third-order valence-corrected chi connectivity index (χ3v) is 3.95. The minimum atomic E-state index is -3.77. The standard InChI is InChI=1S/C12H19FN2O2S/c1-3-7-14-8-9-15-18(16,17)11-6-4-5-10(2)12(11)13/h4-6,14-15H,3,7-9H2,1-2H3. The van der Waals surface area contributed by atoms with Crippen molar-refractivity contribution in [1.82, 2.24) is 10.0 Å². The maximum atomic E-state index is 13.7. The lowest BCUT2D eigenvalue weighted by Crippen LogP contribution is -2.32. The molecule has 102 valence electrons. The molecule has 0 saturated carbocycles. The molecule has 0 aliphatic rings. The molecule has 0 fully saturated rings. The molecule has 0 radical (unpaired) electrons. The van der Waals surface area contributed by atoms with Gasteiger partial charge in [0.25, 0.3) is 0 Å². The maximum Gasteiger partial charge on any atom is 0.243 e. The fraction of sp³-hybridized carbons (Fsp3) is 0.500. The summed E-state index contributed by atoms with van der Waals surface area (Å²) in [6.45, 7) is 5.17. The smallest absolute Gasteiger partial charge is 0.243 e. The Labute approximate surface area is 108 Å². The van der Waals surface area contributed by atoms with E-state index in [1.165, 1.54) is 25.1 Å². The number of nitrogens with one attached hydrogen (secondary N) is 2.